The van der Waals surface area contributed by atoms with Gasteiger partial charge in [0.05, 0.1) is 27.9 Å². The van der Waals surface area contributed by atoms with Crippen molar-refractivity contribution in [3.63, 3.8) is 0 Å². The van der Waals surface area contributed by atoms with E-state index in [0.29, 0.717) is 0 Å². The van der Waals surface area contributed by atoms with Gasteiger partial charge in [-0.05, 0) is 5.70 Å². The van der Waals surface area contributed by atoms with Gasteiger partial charge in [0.25, 0.3) is 0 Å². The first-order valence-corrected chi connectivity index (χ1v) is 11.7. The molecule has 0 radical (unpaired) electrons. The van der Waals surface area contributed by atoms with Crippen LogP contribution in [-0.4, -0.2) is 61.2 Å². The van der Waals surface area contributed by atoms with E-state index in [4.69, 9.17) is 13.3 Å². The van der Waals surface area contributed by atoms with Crippen LogP contribution in [0.15, 0.2) is 11.4 Å². The van der Waals surface area contributed by atoms with Crippen LogP contribution in [-0.2, 0) is 13.3 Å². The molecule has 3 aliphatic rings. The largest absolute Gasteiger partial charge is 0.529 e. The highest BCUT2D eigenvalue weighted by molar-refractivity contribution is 6.82. The molecule has 6 heteroatoms. The minimum atomic E-state index is -2.51. The third-order valence-corrected chi connectivity index (χ3v) is 6.81. The van der Waals surface area contributed by atoms with Gasteiger partial charge in [-0.25, -0.2) is 0 Å². The van der Waals surface area contributed by atoms with Crippen LogP contribution in [0.1, 0.15) is 0 Å². The first-order valence-electron chi connectivity index (χ1n) is 6.34. The van der Waals surface area contributed by atoms with Crippen LogP contribution in [0.3, 0.4) is 0 Å². The number of hydrogen-bond donors (Lipinski definition) is 0. The lowest BCUT2D eigenvalue weighted by Gasteiger charge is -2.36. The fourth-order valence-electron chi connectivity index (χ4n) is 1.91. The van der Waals surface area contributed by atoms with Gasteiger partial charge in [-0.2, -0.15) is 0 Å². The molecule has 98 valence electrons. The van der Waals surface area contributed by atoms with Crippen molar-refractivity contribution in [2.24, 2.45) is 0 Å². The van der Waals surface area contributed by atoms with Crippen LogP contribution in [0.2, 0.25) is 19.6 Å². The SMILES string of the molecule is C[Si](C)(C)/C=C/[Si]12OCCN(CCO1)CCO2. The summed E-state index contributed by atoms with van der Waals surface area (Å²) in [6.45, 7) is 12.1. The average molecular weight is 273 g/mol. The molecule has 0 aromatic carbocycles. The summed E-state index contributed by atoms with van der Waals surface area (Å²) in [4.78, 5) is 2.33. The summed E-state index contributed by atoms with van der Waals surface area (Å²) in [5, 5.41) is 0. The van der Waals surface area contributed by atoms with Crippen LogP contribution < -0.4 is 0 Å². The Morgan fingerprint density at radius 3 is 1.82 bits per heavy atom. The highest BCUT2D eigenvalue weighted by Crippen LogP contribution is 2.18. The molecule has 0 spiro atoms. The Morgan fingerprint density at radius 1 is 0.941 bits per heavy atom. The molecule has 3 saturated heterocycles. The summed E-state index contributed by atoms with van der Waals surface area (Å²) in [5.74, 6) is 0. The zero-order valence-corrected chi connectivity index (χ0v) is 13.1. The van der Waals surface area contributed by atoms with Crippen molar-refractivity contribution in [2.45, 2.75) is 19.6 Å². The predicted octanol–water partition coefficient (Wildman–Crippen LogP) is 1.28. The summed E-state index contributed by atoms with van der Waals surface area (Å²) < 4.78 is 17.8. The van der Waals surface area contributed by atoms with E-state index in [9.17, 15) is 0 Å². The van der Waals surface area contributed by atoms with Crippen molar-refractivity contribution in [3.8, 4) is 0 Å². The Morgan fingerprint density at radius 2 is 1.41 bits per heavy atom. The molecular weight excluding hydrogens is 250 g/mol. The molecule has 0 unspecified atom stereocenters. The van der Waals surface area contributed by atoms with Gasteiger partial charge in [0.1, 0.15) is 0 Å². The van der Waals surface area contributed by atoms with Crippen molar-refractivity contribution >= 4 is 16.9 Å². The summed E-state index contributed by atoms with van der Waals surface area (Å²) >= 11 is 0. The van der Waals surface area contributed by atoms with E-state index in [0.717, 1.165) is 39.5 Å². The molecule has 2 bridgehead atoms. The average Bonchev–Trinajstić information content (AvgIpc) is 2.12. The van der Waals surface area contributed by atoms with E-state index in [1.165, 1.54) is 0 Å². The smallest absolute Gasteiger partial charge is 0.369 e. The van der Waals surface area contributed by atoms with Crippen LogP contribution >= 0.6 is 0 Å². The molecule has 3 rings (SSSR count). The van der Waals surface area contributed by atoms with Gasteiger partial charge < -0.3 is 13.3 Å². The summed E-state index contributed by atoms with van der Waals surface area (Å²) in [5.41, 5.74) is 4.42. The van der Waals surface area contributed by atoms with Crippen LogP contribution in [0.5, 0.6) is 0 Å². The normalized spacial score (nSPS) is 35.6. The number of nitrogens with zero attached hydrogens (tertiary/aromatic N) is 1. The Balaban J connectivity index is 2.11. The lowest BCUT2D eigenvalue weighted by molar-refractivity contribution is 0.000290. The highest BCUT2D eigenvalue weighted by Gasteiger charge is 2.41. The quantitative estimate of drug-likeness (QED) is 0.709. The number of rotatable bonds is 2. The molecule has 0 amide bonds. The van der Waals surface area contributed by atoms with Gasteiger partial charge in [-0.1, -0.05) is 25.3 Å². The maximum absolute atomic E-state index is 5.93. The van der Waals surface area contributed by atoms with Crippen molar-refractivity contribution in [2.75, 3.05) is 39.5 Å². The van der Waals surface area contributed by atoms with Crippen molar-refractivity contribution in [1.82, 2.24) is 4.90 Å². The van der Waals surface area contributed by atoms with E-state index in [2.05, 4.69) is 35.9 Å². The van der Waals surface area contributed by atoms with E-state index >= 15 is 0 Å². The third-order valence-electron chi connectivity index (χ3n) is 2.92. The van der Waals surface area contributed by atoms with Gasteiger partial charge >= 0.3 is 8.80 Å². The molecule has 0 saturated carbocycles. The molecule has 3 aliphatic heterocycles. The van der Waals surface area contributed by atoms with Crippen molar-refractivity contribution < 1.29 is 13.3 Å². The monoisotopic (exact) mass is 273 g/mol. The molecule has 17 heavy (non-hydrogen) atoms. The van der Waals surface area contributed by atoms with Crippen LogP contribution in [0.25, 0.3) is 0 Å². The Labute approximate surface area is 106 Å². The standard InChI is InChI=1S/C11H23NO3Si2/c1-16(2,3)10-11-17-13-7-4-12(5-8-14-17)6-9-15-17/h10-11H,4-9H2,1-3H3/b11-10+. The van der Waals surface area contributed by atoms with Gasteiger partial charge in [-0.15, -0.1) is 0 Å². The van der Waals surface area contributed by atoms with E-state index < -0.39 is 16.9 Å². The topological polar surface area (TPSA) is 30.9 Å². The van der Waals surface area contributed by atoms with Gasteiger partial charge in [-0.3, -0.25) is 4.90 Å². The molecule has 0 aromatic heterocycles. The highest BCUT2D eigenvalue weighted by atomic mass is 28.4. The summed E-state index contributed by atoms with van der Waals surface area (Å²) in [6.07, 6.45) is 0. The zero-order valence-electron chi connectivity index (χ0n) is 11.1. The van der Waals surface area contributed by atoms with Gasteiger partial charge in [0.2, 0.25) is 0 Å². The molecular formula is C11H23NO3Si2. The lowest BCUT2D eigenvalue weighted by Crippen LogP contribution is -2.54. The lowest BCUT2D eigenvalue weighted by atomic mass is 10.4. The minimum absolute atomic E-state index is 0.724. The van der Waals surface area contributed by atoms with E-state index in [1.54, 1.807) is 0 Å². The molecule has 0 aliphatic carbocycles. The van der Waals surface area contributed by atoms with Crippen molar-refractivity contribution in [1.29, 1.82) is 0 Å². The Bertz CT molecular complexity index is 264. The number of hydrogen-bond acceptors (Lipinski definition) is 4. The second-order valence-electron chi connectivity index (χ2n) is 5.69. The van der Waals surface area contributed by atoms with Crippen LogP contribution in [0.4, 0.5) is 0 Å². The molecule has 3 fully saturated rings. The second-order valence-corrected chi connectivity index (χ2v) is 13.2. The first kappa shape index (κ1) is 13.4. The van der Waals surface area contributed by atoms with E-state index in [1.807, 2.05) is 0 Å². The molecule has 0 aromatic rings. The fraction of sp³-hybridized carbons (Fsp3) is 0.818. The summed E-state index contributed by atoms with van der Waals surface area (Å²) in [6, 6.07) is 0. The first-order chi connectivity index (χ1) is 7.99. The van der Waals surface area contributed by atoms with Crippen molar-refractivity contribution in [3.05, 3.63) is 11.4 Å². The van der Waals surface area contributed by atoms with Gasteiger partial charge in [0, 0.05) is 19.6 Å². The number of fused-ring (bicyclic) bond motifs is 6. The predicted molar refractivity (Wildman–Crippen MR) is 72.5 cm³/mol. The molecule has 0 N–H and O–H groups in total. The minimum Gasteiger partial charge on any atom is -0.369 e. The maximum Gasteiger partial charge on any atom is 0.529 e. The van der Waals surface area contributed by atoms with E-state index in [-0.39, 0.29) is 0 Å². The molecule has 4 nitrogen and oxygen atoms in total. The maximum atomic E-state index is 5.93. The van der Waals surface area contributed by atoms with Crippen LogP contribution in [0, 0.1) is 0 Å². The second kappa shape index (κ2) is 5.33. The zero-order chi connectivity index (χ0) is 12.4. The fourth-order valence-corrected chi connectivity index (χ4v) is 6.39. The third kappa shape index (κ3) is 4.01. The molecule has 3 heterocycles. The summed E-state index contributed by atoms with van der Waals surface area (Å²) in [7, 11) is -3.74. The van der Waals surface area contributed by atoms with Gasteiger partial charge in [0.15, 0.2) is 0 Å². The Kier molecular flexibility index (Phi) is 4.22. The Hall–Kier alpha value is 0.0138. The molecule has 0 atom stereocenters.